The third kappa shape index (κ3) is 6.67. The van der Waals surface area contributed by atoms with Crippen LogP contribution < -0.4 is 10.1 Å². The van der Waals surface area contributed by atoms with E-state index in [-0.39, 0.29) is 18.9 Å². The number of fused-ring (bicyclic) bond motifs is 1. The van der Waals surface area contributed by atoms with Gasteiger partial charge in [-0.25, -0.2) is 14.2 Å². The Labute approximate surface area is 181 Å². The average Bonchev–Trinajstić information content (AvgIpc) is 3.08. The molecule has 31 heavy (non-hydrogen) atoms. The number of aliphatic hydroxyl groups excluding tert-OH is 1. The van der Waals surface area contributed by atoms with Crippen LogP contribution in [0.4, 0.5) is 9.18 Å². The standard InChI is InChI=1S/C22H30FN3O5/c1-14-20(30-13-25-14)12-29-19-8-15-5-6-26(10-16(15)7-18(19)23)11-17(27)9-24-21(28)31-22(2,3)4/h7-8,13,17,27H,5-6,9-12H2,1-4H3,(H,24,28). The predicted octanol–water partition coefficient (Wildman–Crippen LogP) is 2.94. The molecular formula is C22H30FN3O5. The van der Waals surface area contributed by atoms with Gasteiger partial charge in [-0.05, 0) is 57.4 Å². The van der Waals surface area contributed by atoms with Crippen LogP contribution in [0.1, 0.15) is 43.4 Å². The first-order valence-corrected chi connectivity index (χ1v) is 10.3. The van der Waals surface area contributed by atoms with Crippen LogP contribution in [0.25, 0.3) is 0 Å². The topological polar surface area (TPSA) is 97.1 Å². The first-order chi connectivity index (χ1) is 14.6. The second kappa shape index (κ2) is 9.65. The van der Waals surface area contributed by atoms with Crippen molar-refractivity contribution in [3.05, 3.63) is 46.9 Å². The summed E-state index contributed by atoms with van der Waals surface area (Å²) in [6, 6.07) is 3.21. The number of nitrogens with one attached hydrogen (secondary N) is 1. The van der Waals surface area contributed by atoms with Crippen LogP contribution >= 0.6 is 0 Å². The van der Waals surface area contributed by atoms with Gasteiger partial charge in [0.25, 0.3) is 0 Å². The molecule has 1 aliphatic rings. The molecule has 0 saturated heterocycles. The van der Waals surface area contributed by atoms with Gasteiger partial charge in [0.1, 0.15) is 12.2 Å². The van der Waals surface area contributed by atoms with E-state index in [9.17, 15) is 14.3 Å². The molecule has 0 fully saturated rings. The number of aryl methyl sites for hydroxylation is 1. The Hall–Kier alpha value is -2.65. The van der Waals surface area contributed by atoms with Crippen molar-refractivity contribution < 1.29 is 28.2 Å². The minimum Gasteiger partial charge on any atom is -0.482 e. The molecule has 2 N–H and O–H groups in total. The SMILES string of the molecule is Cc1ncoc1COc1cc2c(cc1F)CN(CC(O)CNC(=O)OC(C)(C)C)CC2. The van der Waals surface area contributed by atoms with Gasteiger partial charge in [-0.2, -0.15) is 0 Å². The number of hydrogen-bond donors (Lipinski definition) is 2. The zero-order valence-corrected chi connectivity index (χ0v) is 18.4. The molecule has 1 aromatic carbocycles. The van der Waals surface area contributed by atoms with Crippen molar-refractivity contribution in [2.24, 2.45) is 0 Å². The summed E-state index contributed by atoms with van der Waals surface area (Å²) in [7, 11) is 0. The number of amides is 1. The van der Waals surface area contributed by atoms with E-state index in [0.717, 1.165) is 11.1 Å². The molecule has 0 aliphatic carbocycles. The van der Waals surface area contributed by atoms with Crippen LogP contribution in [0.5, 0.6) is 5.75 Å². The summed E-state index contributed by atoms with van der Waals surface area (Å²) >= 11 is 0. The van der Waals surface area contributed by atoms with E-state index in [1.54, 1.807) is 33.8 Å². The Morgan fingerprint density at radius 1 is 1.39 bits per heavy atom. The summed E-state index contributed by atoms with van der Waals surface area (Å²) in [6.07, 6.45) is 0.723. The number of aliphatic hydroxyl groups is 1. The molecule has 1 aromatic heterocycles. The van der Waals surface area contributed by atoms with E-state index < -0.39 is 23.6 Å². The highest BCUT2D eigenvalue weighted by atomic mass is 19.1. The van der Waals surface area contributed by atoms with Gasteiger partial charge in [0.05, 0.1) is 11.8 Å². The zero-order valence-electron chi connectivity index (χ0n) is 18.4. The molecule has 1 amide bonds. The molecule has 2 aromatic rings. The molecule has 170 valence electrons. The summed E-state index contributed by atoms with van der Waals surface area (Å²) in [5, 5.41) is 12.8. The van der Waals surface area contributed by atoms with E-state index >= 15 is 0 Å². The minimum absolute atomic E-state index is 0.0838. The molecule has 0 spiro atoms. The quantitative estimate of drug-likeness (QED) is 0.690. The van der Waals surface area contributed by atoms with Gasteiger partial charge in [0.2, 0.25) is 0 Å². The highest BCUT2D eigenvalue weighted by Crippen LogP contribution is 2.28. The van der Waals surface area contributed by atoms with Crippen molar-refractivity contribution >= 4 is 6.09 Å². The van der Waals surface area contributed by atoms with Crippen LogP contribution in [0.3, 0.4) is 0 Å². The summed E-state index contributed by atoms with van der Waals surface area (Å²) in [5.74, 6) is 0.312. The third-order valence-electron chi connectivity index (χ3n) is 4.90. The first-order valence-electron chi connectivity index (χ1n) is 10.3. The number of ether oxygens (including phenoxy) is 2. The van der Waals surface area contributed by atoms with E-state index in [2.05, 4.69) is 10.3 Å². The second-order valence-electron chi connectivity index (χ2n) is 8.72. The van der Waals surface area contributed by atoms with Crippen molar-refractivity contribution in [1.29, 1.82) is 0 Å². The monoisotopic (exact) mass is 435 g/mol. The zero-order chi connectivity index (χ0) is 22.6. The number of carbonyl (C=O) groups excluding carboxylic acids is 1. The summed E-state index contributed by atoms with van der Waals surface area (Å²) in [5.41, 5.74) is 2.00. The van der Waals surface area contributed by atoms with Crippen LogP contribution in [0, 0.1) is 12.7 Å². The Balaban J connectivity index is 1.51. The maximum absolute atomic E-state index is 14.5. The van der Waals surface area contributed by atoms with Gasteiger partial charge in [-0.1, -0.05) is 0 Å². The fourth-order valence-electron chi connectivity index (χ4n) is 3.37. The first kappa shape index (κ1) is 23.0. The number of halogens is 1. The molecule has 8 nitrogen and oxygen atoms in total. The van der Waals surface area contributed by atoms with E-state index in [1.165, 1.54) is 12.5 Å². The number of alkyl carbamates (subject to hydrolysis) is 1. The number of carbonyl (C=O) groups is 1. The smallest absolute Gasteiger partial charge is 0.407 e. The fraction of sp³-hybridized carbons (Fsp3) is 0.545. The predicted molar refractivity (Wildman–Crippen MR) is 111 cm³/mol. The summed E-state index contributed by atoms with van der Waals surface area (Å²) in [6.45, 7) is 8.92. The van der Waals surface area contributed by atoms with Crippen molar-refractivity contribution in [2.75, 3.05) is 19.6 Å². The van der Waals surface area contributed by atoms with E-state index in [4.69, 9.17) is 13.9 Å². The van der Waals surface area contributed by atoms with Crippen LogP contribution in [-0.4, -0.2) is 52.4 Å². The Morgan fingerprint density at radius 2 is 2.16 bits per heavy atom. The van der Waals surface area contributed by atoms with Gasteiger partial charge in [0, 0.05) is 26.2 Å². The van der Waals surface area contributed by atoms with Crippen molar-refractivity contribution in [3.63, 3.8) is 0 Å². The molecule has 0 bridgehead atoms. The molecule has 9 heteroatoms. The van der Waals surface area contributed by atoms with Crippen LogP contribution in [0.15, 0.2) is 22.9 Å². The number of β-amino-alcohol motifs (C(OH)–C–C–N with tert-alkyl or cyclic N) is 1. The lowest BCUT2D eigenvalue weighted by Crippen LogP contribution is -2.43. The third-order valence-corrected chi connectivity index (χ3v) is 4.90. The number of rotatable bonds is 7. The summed E-state index contributed by atoms with van der Waals surface area (Å²) in [4.78, 5) is 17.7. The highest BCUT2D eigenvalue weighted by Gasteiger charge is 2.22. The Kier molecular flexibility index (Phi) is 7.17. The highest BCUT2D eigenvalue weighted by molar-refractivity contribution is 5.67. The van der Waals surface area contributed by atoms with Crippen LogP contribution in [0.2, 0.25) is 0 Å². The lowest BCUT2D eigenvalue weighted by atomic mass is 9.99. The molecule has 2 heterocycles. The molecule has 1 atom stereocenters. The van der Waals surface area contributed by atoms with Crippen molar-refractivity contribution in [1.82, 2.24) is 15.2 Å². The van der Waals surface area contributed by atoms with E-state index in [1.807, 2.05) is 4.90 Å². The molecule has 0 saturated carbocycles. The lowest BCUT2D eigenvalue weighted by Gasteiger charge is -2.31. The number of oxazole rings is 1. The second-order valence-corrected chi connectivity index (χ2v) is 8.72. The van der Waals surface area contributed by atoms with Crippen LogP contribution in [-0.2, 0) is 24.3 Å². The molecule has 0 radical (unpaired) electrons. The number of nitrogens with zero attached hydrogens (tertiary/aromatic N) is 2. The van der Waals surface area contributed by atoms with Gasteiger partial charge < -0.3 is 24.3 Å². The summed E-state index contributed by atoms with van der Waals surface area (Å²) < 4.78 is 30.5. The lowest BCUT2D eigenvalue weighted by molar-refractivity contribution is 0.0464. The fourth-order valence-corrected chi connectivity index (χ4v) is 3.37. The molecule has 3 rings (SSSR count). The number of aromatic nitrogens is 1. The van der Waals surface area contributed by atoms with Crippen molar-refractivity contribution in [2.45, 2.75) is 59.0 Å². The molecule has 1 aliphatic heterocycles. The Bertz CT molecular complexity index is 909. The normalized spacial score (nSPS) is 15.3. The molecule has 1 unspecified atom stereocenters. The van der Waals surface area contributed by atoms with Gasteiger partial charge in [-0.3, -0.25) is 4.90 Å². The largest absolute Gasteiger partial charge is 0.482 e. The van der Waals surface area contributed by atoms with Crippen molar-refractivity contribution in [3.8, 4) is 5.75 Å². The van der Waals surface area contributed by atoms with Gasteiger partial charge in [-0.15, -0.1) is 0 Å². The maximum Gasteiger partial charge on any atom is 0.407 e. The number of hydrogen-bond acceptors (Lipinski definition) is 7. The molecular weight excluding hydrogens is 405 g/mol. The van der Waals surface area contributed by atoms with Gasteiger partial charge in [0.15, 0.2) is 23.7 Å². The van der Waals surface area contributed by atoms with Gasteiger partial charge >= 0.3 is 6.09 Å². The van der Waals surface area contributed by atoms with E-state index in [0.29, 0.717) is 37.5 Å². The number of benzene rings is 1. The maximum atomic E-state index is 14.5. The minimum atomic E-state index is -0.758. The average molecular weight is 435 g/mol. The Morgan fingerprint density at radius 3 is 2.84 bits per heavy atom.